The number of methoxy groups -OCH3 is 1. The van der Waals surface area contributed by atoms with Crippen LogP contribution in [0.25, 0.3) is 0 Å². The molecule has 1 aromatic rings. The van der Waals surface area contributed by atoms with E-state index in [0.29, 0.717) is 30.1 Å². The van der Waals surface area contributed by atoms with Gasteiger partial charge in [-0.2, -0.15) is 13.2 Å². The SMILES string of the molecule is COc1ccc(NC(=O)CC2CCC(C(F)(F)F)CC2)c(C)n1. The molecule has 2 rings (SSSR count). The van der Waals surface area contributed by atoms with Crippen molar-refractivity contribution in [3.63, 3.8) is 0 Å². The van der Waals surface area contributed by atoms with Crippen LogP contribution in [0.15, 0.2) is 12.1 Å². The number of pyridine rings is 1. The molecule has 0 aliphatic heterocycles. The number of alkyl halides is 3. The third kappa shape index (κ3) is 4.84. The summed E-state index contributed by atoms with van der Waals surface area (Å²) in [5.74, 6) is -0.920. The number of aromatic nitrogens is 1. The molecular formula is C16H21F3N2O2. The van der Waals surface area contributed by atoms with Crippen molar-refractivity contribution in [2.24, 2.45) is 11.8 Å². The van der Waals surface area contributed by atoms with Crippen LogP contribution in [0.3, 0.4) is 0 Å². The zero-order chi connectivity index (χ0) is 17.0. The van der Waals surface area contributed by atoms with Crippen LogP contribution in [0, 0.1) is 18.8 Å². The maximum atomic E-state index is 12.6. The first kappa shape index (κ1) is 17.6. The molecule has 0 radical (unpaired) electrons. The molecule has 1 aliphatic rings. The monoisotopic (exact) mass is 330 g/mol. The van der Waals surface area contributed by atoms with Crippen LogP contribution >= 0.6 is 0 Å². The summed E-state index contributed by atoms with van der Waals surface area (Å²) in [7, 11) is 1.51. The average molecular weight is 330 g/mol. The molecule has 128 valence electrons. The first-order valence-electron chi connectivity index (χ1n) is 7.67. The quantitative estimate of drug-likeness (QED) is 0.904. The molecule has 1 aromatic heterocycles. The van der Waals surface area contributed by atoms with Crippen molar-refractivity contribution >= 4 is 11.6 Å². The predicted octanol–water partition coefficient (Wildman–Crippen LogP) is 4.10. The number of nitrogens with zero attached hydrogens (tertiary/aromatic N) is 1. The molecule has 1 fully saturated rings. The minimum Gasteiger partial charge on any atom is -0.481 e. The van der Waals surface area contributed by atoms with Gasteiger partial charge in [-0.3, -0.25) is 4.79 Å². The molecular weight excluding hydrogens is 309 g/mol. The molecule has 1 N–H and O–H groups in total. The predicted molar refractivity (Wildman–Crippen MR) is 80.3 cm³/mol. The lowest BCUT2D eigenvalue weighted by Crippen LogP contribution is -2.29. The van der Waals surface area contributed by atoms with Crippen LogP contribution < -0.4 is 10.1 Å². The van der Waals surface area contributed by atoms with Crippen molar-refractivity contribution in [1.82, 2.24) is 4.98 Å². The van der Waals surface area contributed by atoms with Crippen molar-refractivity contribution in [3.05, 3.63) is 17.8 Å². The Bertz CT molecular complexity index is 553. The summed E-state index contributed by atoms with van der Waals surface area (Å²) in [5.41, 5.74) is 1.23. The van der Waals surface area contributed by atoms with Gasteiger partial charge in [-0.05, 0) is 44.6 Å². The average Bonchev–Trinajstić information content (AvgIpc) is 2.49. The highest BCUT2D eigenvalue weighted by Crippen LogP contribution is 2.40. The van der Waals surface area contributed by atoms with Gasteiger partial charge in [0.05, 0.1) is 24.4 Å². The number of amides is 1. The lowest BCUT2D eigenvalue weighted by Gasteiger charge is -2.29. The maximum absolute atomic E-state index is 12.6. The van der Waals surface area contributed by atoms with E-state index >= 15 is 0 Å². The first-order valence-corrected chi connectivity index (χ1v) is 7.67. The summed E-state index contributed by atoms with van der Waals surface area (Å²) in [6.45, 7) is 1.76. The van der Waals surface area contributed by atoms with Crippen molar-refractivity contribution in [2.45, 2.75) is 45.2 Å². The summed E-state index contributed by atoms with van der Waals surface area (Å²) >= 11 is 0. The largest absolute Gasteiger partial charge is 0.481 e. The van der Waals surface area contributed by atoms with Gasteiger partial charge in [-0.25, -0.2) is 4.98 Å². The Kier molecular flexibility index (Phi) is 5.49. The third-order valence-electron chi connectivity index (χ3n) is 4.33. The van der Waals surface area contributed by atoms with Gasteiger partial charge in [0, 0.05) is 12.5 Å². The van der Waals surface area contributed by atoms with Gasteiger partial charge in [0.15, 0.2) is 0 Å². The van der Waals surface area contributed by atoms with Crippen LogP contribution in [-0.4, -0.2) is 24.2 Å². The van der Waals surface area contributed by atoms with Crippen molar-refractivity contribution in [3.8, 4) is 5.88 Å². The number of halogens is 3. The van der Waals surface area contributed by atoms with Crippen LogP contribution in [0.2, 0.25) is 0 Å². The van der Waals surface area contributed by atoms with Crippen molar-refractivity contribution in [1.29, 1.82) is 0 Å². The summed E-state index contributed by atoms with van der Waals surface area (Å²) in [6, 6.07) is 3.36. The fourth-order valence-corrected chi connectivity index (χ4v) is 2.94. The van der Waals surface area contributed by atoms with Gasteiger partial charge in [0.25, 0.3) is 0 Å². The minimum atomic E-state index is -4.11. The fourth-order valence-electron chi connectivity index (χ4n) is 2.94. The van der Waals surface area contributed by atoms with E-state index in [0.717, 1.165) is 0 Å². The van der Waals surface area contributed by atoms with Crippen LogP contribution in [0.5, 0.6) is 5.88 Å². The summed E-state index contributed by atoms with van der Waals surface area (Å²) < 4.78 is 42.9. The molecule has 0 atom stereocenters. The maximum Gasteiger partial charge on any atom is 0.391 e. The Balaban J connectivity index is 1.84. The molecule has 0 saturated heterocycles. The van der Waals surface area contributed by atoms with Crippen LogP contribution in [-0.2, 0) is 4.79 Å². The van der Waals surface area contributed by atoms with Gasteiger partial charge in [0.1, 0.15) is 0 Å². The van der Waals surface area contributed by atoms with E-state index in [-0.39, 0.29) is 31.1 Å². The molecule has 1 saturated carbocycles. The van der Waals surface area contributed by atoms with Gasteiger partial charge >= 0.3 is 6.18 Å². The van der Waals surface area contributed by atoms with Gasteiger partial charge in [0.2, 0.25) is 11.8 Å². The smallest absolute Gasteiger partial charge is 0.391 e. The highest BCUT2D eigenvalue weighted by Gasteiger charge is 2.41. The Labute approximate surface area is 133 Å². The second-order valence-corrected chi connectivity index (χ2v) is 6.00. The van der Waals surface area contributed by atoms with Crippen molar-refractivity contribution in [2.75, 3.05) is 12.4 Å². The number of hydrogen-bond acceptors (Lipinski definition) is 3. The molecule has 1 heterocycles. The molecule has 23 heavy (non-hydrogen) atoms. The van der Waals surface area contributed by atoms with Crippen LogP contribution in [0.4, 0.5) is 18.9 Å². The van der Waals surface area contributed by atoms with E-state index in [9.17, 15) is 18.0 Å². The van der Waals surface area contributed by atoms with E-state index in [4.69, 9.17) is 4.74 Å². The number of rotatable bonds is 4. The van der Waals surface area contributed by atoms with Gasteiger partial charge in [-0.15, -0.1) is 0 Å². The number of nitrogens with one attached hydrogen (secondary N) is 1. The molecule has 0 unspecified atom stereocenters. The Morgan fingerprint density at radius 1 is 1.30 bits per heavy atom. The topological polar surface area (TPSA) is 51.2 Å². The number of carbonyl (C=O) groups excluding carboxylic acids is 1. The van der Waals surface area contributed by atoms with Gasteiger partial charge < -0.3 is 10.1 Å². The summed E-state index contributed by atoms with van der Waals surface area (Å²) in [4.78, 5) is 16.2. The highest BCUT2D eigenvalue weighted by atomic mass is 19.4. The molecule has 1 amide bonds. The third-order valence-corrected chi connectivity index (χ3v) is 4.33. The Morgan fingerprint density at radius 2 is 1.96 bits per heavy atom. The molecule has 0 aromatic carbocycles. The molecule has 1 aliphatic carbocycles. The Hall–Kier alpha value is -1.79. The molecule has 0 bridgehead atoms. The molecule has 7 heteroatoms. The number of aryl methyl sites for hydroxylation is 1. The summed E-state index contributed by atoms with van der Waals surface area (Å²) in [5, 5.41) is 2.77. The van der Waals surface area contributed by atoms with Crippen molar-refractivity contribution < 1.29 is 22.7 Å². The first-order chi connectivity index (χ1) is 10.8. The lowest BCUT2D eigenvalue weighted by atomic mass is 9.80. The Morgan fingerprint density at radius 3 is 2.48 bits per heavy atom. The molecule has 0 spiro atoms. The summed E-state index contributed by atoms with van der Waals surface area (Å²) in [6.07, 6.45) is -2.75. The van der Waals surface area contributed by atoms with Gasteiger partial charge in [-0.1, -0.05) is 0 Å². The normalized spacial score (nSPS) is 21.8. The standard InChI is InChI=1S/C16H21F3N2O2/c1-10-13(7-8-15(20-10)23-2)21-14(22)9-11-3-5-12(6-4-11)16(17,18)19/h7-8,11-12H,3-6,9H2,1-2H3,(H,21,22). The minimum absolute atomic E-state index is 0.0140. The number of ether oxygens (including phenoxy) is 1. The second-order valence-electron chi connectivity index (χ2n) is 6.00. The zero-order valence-corrected chi connectivity index (χ0v) is 13.2. The number of anilines is 1. The van der Waals surface area contributed by atoms with E-state index in [1.54, 1.807) is 19.1 Å². The number of hydrogen-bond donors (Lipinski definition) is 1. The number of carbonyl (C=O) groups is 1. The van der Waals surface area contributed by atoms with Crippen LogP contribution in [0.1, 0.15) is 37.8 Å². The van der Waals surface area contributed by atoms with E-state index in [1.807, 2.05) is 0 Å². The lowest BCUT2D eigenvalue weighted by molar-refractivity contribution is -0.183. The highest BCUT2D eigenvalue weighted by molar-refractivity contribution is 5.91. The second kappa shape index (κ2) is 7.19. The van der Waals surface area contributed by atoms with E-state index < -0.39 is 12.1 Å². The zero-order valence-electron chi connectivity index (χ0n) is 13.2. The molecule has 4 nitrogen and oxygen atoms in total. The van der Waals surface area contributed by atoms with E-state index in [1.165, 1.54) is 7.11 Å². The van der Waals surface area contributed by atoms with E-state index in [2.05, 4.69) is 10.3 Å². The fraction of sp³-hybridized carbons (Fsp3) is 0.625.